The molecule has 0 unspecified atom stereocenters. The minimum absolute atomic E-state index is 0.0621. The Hall–Kier alpha value is -2.78. The number of Topliss-reactive ketones (excluding diaryl/α,β-unsaturated/α-hetero) is 1. The molecule has 0 spiro atoms. The highest BCUT2D eigenvalue weighted by molar-refractivity contribution is 5.89. The number of ether oxygens (including phenoxy) is 1. The number of aryl methyl sites for hydroxylation is 1. The second-order valence-corrected chi connectivity index (χ2v) is 6.79. The number of fused-ring (bicyclic) bond motifs is 1. The van der Waals surface area contributed by atoms with Gasteiger partial charge in [-0.3, -0.25) is 9.48 Å². The average molecular weight is 416 g/mol. The van der Waals surface area contributed by atoms with E-state index in [-0.39, 0.29) is 36.4 Å². The van der Waals surface area contributed by atoms with Crippen molar-refractivity contribution in [3.63, 3.8) is 0 Å². The molecule has 0 saturated heterocycles. The Bertz CT molecular complexity index is 922. The molecule has 0 radical (unpaired) electrons. The van der Waals surface area contributed by atoms with E-state index in [4.69, 9.17) is 4.74 Å². The summed E-state index contributed by atoms with van der Waals surface area (Å²) >= 11 is 0. The van der Waals surface area contributed by atoms with Crippen molar-refractivity contribution >= 4 is 11.8 Å². The van der Waals surface area contributed by atoms with Gasteiger partial charge in [0.05, 0.1) is 11.1 Å². The van der Waals surface area contributed by atoms with E-state index in [2.05, 4.69) is 5.10 Å². The fraction of sp³-hybridized carbons (Fsp3) is 0.421. The average Bonchev–Trinajstić information content (AvgIpc) is 3.02. The van der Waals surface area contributed by atoms with Crippen LogP contribution in [-0.2, 0) is 28.7 Å². The molecule has 0 fully saturated rings. The van der Waals surface area contributed by atoms with E-state index in [9.17, 15) is 31.5 Å². The lowest BCUT2D eigenvalue weighted by molar-refractivity contribution is -0.151. The van der Waals surface area contributed by atoms with Gasteiger partial charge in [-0.1, -0.05) is 18.2 Å². The highest BCUT2D eigenvalue weighted by Crippen LogP contribution is 2.48. The number of halogens is 5. The van der Waals surface area contributed by atoms with Gasteiger partial charge in [-0.05, 0) is 25.5 Å². The van der Waals surface area contributed by atoms with Crippen LogP contribution >= 0.6 is 0 Å². The van der Waals surface area contributed by atoms with Gasteiger partial charge in [0.25, 0.3) is 5.92 Å². The molecule has 10 heteroatoms. The standard InChI is InChI=1S/C19H17F5N2O3/c1-11(27)8-10-26-13-7-9-18(20,21)16(14(13)15(25-26)19(22,23)24)29-17(28)12-5-3-2-4-6-12/h2-6,16H,7-10H2,1H3/t16-/m0/s1. The number of carbonyl (C=O) groups excluding carboxylic acids is 2. The van der Waals surface area contributed by atoms with Crippen LogP contribution in [-0.4, -0.2) is 27.5 Å². The molecule has 0 N–H and O–H groups in total. The lowest BCUT2D eigenvalue weighted by Crippen LogP contribution is -2.36. The molecule has 0 aliphatic heterocycles. The summed E-state index contributed by atoms with van der Waals surface area (Å²) in [5.74, 6) is -5.14. The fourth-order valence-corrected chi connectivity index (χ4v) is 3.23. The second kappa shape index (κ2) is 7.57. The minimum Gasteiger partial charge on any atom is -0.447 e. The van der Waals surface area contributed by atoms with Crippen LogP contribution in [0.3, 0.4) is 0 Å². The molecule has 0 amide bonds. The first-order valence-corrected chi connectivity index (χ1v) is 8.81. The number of ketones is 1. The van der Waals surface area contributed by atoms with E-state index in [0.29, 0.717) is 0 Å². The Morgan fingerprint density at radius 3 is 2.48 bits per heavy atom. The van der Waals surface area contributed by atoms with Crippen LogP contribution in [0.5, 0.6) is 0 Å². The van der Waals surface area contributed by atoms with Crippen molar-refractivity contribution < 1.29 is 36.3 Å². The molecule has 1 heterocycles. The van der Waals surface area contributed by atoms with Crippen molar-refractivity contribution in [3.8, 4) is 0 Å². The summed E-state index contributed by atoms with van der Waals surface area (Å²) in [6, 6.07) is 7.16. The van der Waals surface area contributed by atoms with E-state index in [0.717, 1.165) is 4.68 Å². The SMILES string of the molecule is CC(=O)CCn1nc(C(F)(F)F)c2c1CCC(F)(F)[C@H]2OC(=O)c1ccccc1. The highest BCUT2D eigenvalue weighted by Gasteiger charge is 2.54. The molecule has 1 atom stereocenters. The zero-order valence-corrected chi connectivity index (χ0v) is 15.3. The van der Waals surface area contributed by atoms with Gasteiger partial charge in [0.15, 0.2) is 11.8 Å². The molecular weight excluding hydrogens is 399 g/mol. The predicted octanol–water partition coefficient (Wildman–Crippen LogP) is 4.36. The van der Waals surface area contributed by atoms with Gasteiger partial charge in [-0.25, -0.2) is 13.6 Å². The number of aromatic nitrogens is 2. The molecule has 29 heavy (non-hydrogen) atoms. The Labute approximate surface area is 162 Å². The zero-order valence-electron chi connectivity index (χ0n) is 15.3. The smallest absolute Gasteiger partial charge is 0.435 e. The van der Waals surface area contributed by atoms with Crippen LogP contribution in [0.2, 0.25) is 0 Å². The summed E-state index contributed by atoms with van der Waals surface area (Å²) < 4.78 is 75.6. The van der Waals surface area contributed by atoms with Crippen LogP contribution in [0.1, 0.15) is 53.2 Å². The molecule has 5 nitrogen and oxygen atoms in total. The van der Waals surface area contributed by atoms with Gasteiger partial charge in [0, 0.05) is 25.1 Å². The zero-order chi connectivity index (χ0) is 21.4. The molecule has 1 aromatic carbocycles. The number of rotatable bonds is 5. The van der Waals surface area contributed by atoms with Gasteiger partial charge >= 0.3 is 12.1 Å². The second-order valence-electron chi connectivity index (χ2n) is 6.79. The van der Waals surface area contributed by atoms with Gasteiger partial charge in [0.2, 0.25) is 0 Å². The molecule has 1 aromatic heterocycles. The quantitative estimate of drug-likeness (QED) is 0.537. The Morgan fingerprint density at radius 1 is 1.24 bits per heavy atom. The summed E-state index contributed by atoms with van der Waals surface area (Å²) in [7, 11) is 0. The molecule has 1 aliphatic carbocycles. The summed E-state index contributed by atoms with van der Waals surface area (Å²) in [6.45, 7) is 1.08. The third kappa shape index (κ3) is 4.30. The summed E-state index contributed by atoms with van der Waals surface area (Å²) in [4.78, 5) is 23.5. The lowest BCUT2D eigenvalue weighted by Gasteiger charge is -2.32. The number of nitrogens with zero attached hydrogens (tertiary/aromatic N) is 2. The van der Waals surface area contributed by atoms with E-state index in [1.807, 2.05) is 0 Å². The Balaban J connectivity index is 2.06. The number of alkyl halides is 5. The third-order valence-corrected chi connectivity index (χ3v) is 4.62. The van der Waals surface area contributed by atoms with Crippen molar-refractivity contribution in [3.05, 3.63) is 52.8 Å². The van der Waals surface area contributed by atoms with Gasteiger partial charge < -0.3 is 4.74 Å². The Kier molecular flexibility index (Phi) is 5.46. The summed E-state index contributed by atoms with van der Waals surface area (Å²) in [6.07, 6.45) is -8.76. The maximum Gasteiger partial charge on any atom is 0.435 e. The van der Waals surface area contributed by atoms with E-state index >= 15 is 0 Å². The van der Waals surface area contributed by atoms with Gasteiger partial charge in [-0.2, -0.15) is 18.3 Å². The van der Waals surface area contributed by atoms with Crippen molar-refractivity contribution in [2.45, 2.75) is 50.9 Å². The van der Waals surface area contributed by atoms with E-state index < -0.39 is 41.9 Å². The molecular formula is C19H17F5N2O3. The number of esters is 1. The largest absolute Gasteiger partial charge is 0.447 e. The minimum atomic E-state index is -5.03. The van der Waals surface area contributed by atoms with Crippen LogP contribution in [0.25, 0.3) is 0 Å². The normalized spacial score (nSPS) is 18.2. The maximum absolute atomic E-state index is 14.6. The molecule has 0 saturated carbocycles. The topological polar surface area (TPSA) is 61.2 Å². The fourth-order valence-electron chi connectivity index (χ4n) is 3.23. The van der Waals surface area contributed by atoms with Crippen LogP contribution in [0.4, 0.5) is 22.0 Å². The molecule has 0 bridgehead atoms. The molecule has 156 valence electrons. The first-order valence-electron chi connectivity index (χ1n) is 8.81. The maximum atomic E-state index is 14.6. The first kappa shape index (κ1) is 20.9. The summed E-state index contributed by atoms with van der Waals surface area (Å²) in [5, 5.41) is 3.45. The van der Waals surface area contributed by atoms with Crippen molar-refractivity contribution in [2.75, 3.05) is 0 Å². The van der Waals surface area contributed by atoms with Crippen molar-refractivity contribution in [1.82, 2.24) is 9.78 Å². The number of carbonyl (C=O) groups is 2. The van der Waals surface area contributed by atoms with E-state index in [1.165, 1.54) is 31.2 Å². The lowest BCUT2D eigenvalue weighted by atomic mass is 9.89. The van der Waals surface area contributed by atoms with Crippen LogP contribution < -0.4 is 0 Å². The highest BCUT2D eigenvalue weighted by atomic mass is 19.4. The monoisotopic (exact) mass is 416 g/mol. The number of benzene rings is 1. The van der Waals surface area contributed by atoms with Crippen LogP contribution in [0.15, 0.2) is 30.3 Å². The third-order valence-electron chi connectivity index (χ3n) is 4.62. The van der Waals surface area contributed by atoms with Crippen molar-refractivity contribution in [1.29, 1.82) is 0 Å². The van der Waals surface area contributed by atoms with Crippen molar-refractivity contribution in [2.24, 2.45) is 0 Å². The van der Waals surface area contributed by atoms with E-state index in [1.54, 1.807) is 6.07 Å². The van der Waals surface area contributed by atoms with Gasteiger partial charge in [0.1, 0.15) is 5.78 Å². The first-order chi connectivity index (χ1) is 13.5. The summed E-state index contributed by atoms with van der Waals surface area (Å²) in [5.41, 5.74) is -2.54. The number of hydrogen-bond acceptors (Lipinski definition) is 4. The number of hydrogen-bond donors (Lipinski definition) is 0. The molecule has 2 aromatic rings. The predicted molar refractivity (Wildman–Crippen MR) is 90.4 cm³/mol. The van der Waals surface area contributed by atoms with Gasteiger partial charge in [-0.15, -0.1) is 0 Å². The molecule has 1 aliphatic rings. The molecule has 3 rings (SSSR count). The van der Waals surface area contributed by atoms with Crippen LogP contribution in [0, 0.1) is 0 Å². The Morgan fingerprint density at radius 2 is 1.90 bits per heavy atom.